The van der Waals surface area contributed by atoms with Gasteiger partial charge in [-0.3, -0.25) is 9.59 Å². The number of carboxylic acids is 1. The molecule has 1 amide bonds. The van der Waals surface area contributed by atoms with Crippen LogP contribution in [-0.2, 0) is 22.4 Å². The van der Waals surface area contributed by atoms with Crippen molar-refractivity contribution in [3.8, 4) is 5.75 Å². The number of hydrogen-bond donors (Lipinski definition) is 2. The third kappa shape index (κ3) is 4.76. The van der Waals surface area contributed by atoms with E-state index in [9.17, 15) is 9.59 Å². The second-order valence-electron chi connectivity index (χ2n) is 6.39. The Kier molecular flexibility index (Phi) is 5.78. The number of rotatable bonds is 7. The zero-order valence-corrected chi connectivity index (χ0v) is 14.9. The van der Waals surface area contributed by atoms with Crippen LogP contribution in [0.2, 0.25) is 5.02 Å². The number of carbonyl (C=O) groups excluding carboxylic acids is 1. The molecule has 0 spiro atoms. The molecule has 0 bridgehead atoms. The summed E-state index contributed by atoms with van der Waals surface area (Å²) in [5.74, 6) is -0.445. The van der Waals surface area contributed by atoms with Gasteiger partial charge in [-0.2, -0.15) is 0 Å². The summed E-state index contributed by atoms with van der Waals surface area (Å²) in [6.45, 7) is 0. The highest BCUT2D eigenvalue weighted by atomic mass is 35.5. The number of carbonyl (C=O) groups is 2. The van der Waals surface area contributed by atoms with E-state index in [1.54, 1.807) is 18.2 Å². The molecule has 0 fully saturated rings. The van der Waals surface area contributed by atoms with Crippen LogP contribution >= 0.6 is 11.6 Å². The minimum atomic E-state index is -0.878. The van der Waals surface area contributed by atoms with Crippen molar-refractivity contribution in [3.05, 3.63) is 64.7 Å². The van der Waals surface area contributed by atoms with Crippen LogP contribution in [0, 0.1) is 0 Å². The smallest absolute Gasteiger partial charge is 0.303 e. The standard InChI is InChI=1S/C20H20ClNO4/c21-15-6-8-17-14(11-15)12-18(26-17)20(25)22-16(7-9-19(23)24)10-13-4-2-1-3-5-13/h1-6,8,11,16,18H,7,9-10,12H2,(H,22,25)(H,23,24). The minimum absolute atomic E-state index is 0.000856. The molecule has 2 aromatic rings. The quantitative estimate of drug-likeness (QED) is 0.781. The molecule has 2 aromatic carbocycles. The highest BCUT2D eigenvalue weighted by Crippen LogP contribution is 2.31. The molecule has 5 nitrogen and oxygen atoms in total. The second-order valence-corrected chi connectivity index (χ2v) is 6.83. The van der Waals surface area contributed by atoms with Crippen LogP contribution in [0.25, 0.3) is 0 Å². The molecule has 3 rings (SSSR count). The first-order valence-electron chi connectivity index (χ1n) is 8.52. The molecule has 0 saturated carbocycles. The van der Waals surface area contributed by atoms with Gasteiger partial charge in [0.1, 0.15) is 5.75 Å². The van der Waals surface area contributed by atoms with E-state index in [0.717, 1.165) is 11.1 Å². The number of benzene rings is 2. The van der Waals surface area contributed by atoms with Crippen molar-refractivity contribution in [2.24, 2.45) is 0 Å². The van der Waals surface area contributed by atoms with Gasteiger partial charge in [0.15, 0.2) is 6.10 Å². The first kappa shape index (κ1) is 18.3. The van der Waals surface area contributed by atoms with Gasteiger partial charge < -0.3 is 15.2 Å². The largest absolute Gasteiger partial charge is 0.481 e. The van der Waals surface area contributed by atoms with E-state index in [0.29, 0.717) is 30.0 Å². The van der Waals surface area contributed by atoms with Crippen LogP contribution in [0.15, 0.2) is 48.5 Å². The Bertz CT molecular complexity index is 794. The molecule has 0 aromatic heterocycles. The summed E-state index contributed by atoms with van der Waals surface area (Å²) in [5.41, 5.74) is 1.95. The summed E-state index contributed by atoms with van der Waals surface area (Å²) in [6.07, 6.45) is 0.775. The maximum atomic E-state index is 12.6. The van der Waals surface area contributed by atoms with E-state index in [-0.39, 0.29) is 18.4 Å². The fraction of sp³-hybridized carbons (Fsp3) is 0.300. The lowest BCUT2D eigenvalue weighted by molar-refractivity contribution is -0.137. The predicted molar refractivity (Wildman–Crippen MR) is 98.5 cm³/mol. The first-order chi connectivity index (χ1) is 12.5. The Morgan fingerprint density at radius 2 is 2.00 bits per heavy atom. The lowest BCUT2D eigenvalue weighted by Gasteiger charge is -2.20. The van der Waals surface area contributed by atoms with Gasteiger partial charge in [0, 0.05) is 23.9 Å². The van der Waals surface area contributed by atoms with E-state index in [1.165, 1.54) is 0 Å². The zero-order chi connectivity index (χ0) is 18.5. The first-order valence-corrected chi connectivity index (χ1v) is 8.90. The molecular formula is C20H20ClNO4. The van der Waals surface area contributed by atoms with E-state index < -0.39 is 12.1 Å². The third-order valence-electron chi connectivity index (χ3n) is 4.37. The van der Waals surface area contributed by atoms with Crippen LogP contribution in [-0.4, -0.2) is 29.1 Å². The van der Waals surface area contributed by atoms with Crippen LogP contribution in [0.1, 0.15) is 24.0 Å². The van der Waals surface area contributed by atoms with Crippen molar-refractivity contribution in [2.75, 3.05) is 0 Å². The fourth-order valence-electron chi connectivity index (χ4n) is 3.08. The average Bonchev–Trinajstić information content (AvgIpc) is 3.03. The van der Waals surface area contributed by atoms with Crippen LogP contribution < -0.4 is 10.1 Å². The molecule has 1 heterocycles. The monoisotopic (exact) mass is 373 g/mol. The number of aliphatic carboxylic acids is 1. The molecule has 0 saturated heterocycles. The Morgan fingerprint density at radius 3 is 2.73 bits per heavy atom. The van der Waals surface area contributed by atoms with Crippen molar-refractivity contribution in [1.82, 2.24) is 5.32 Å². The van der Waals surface area contributed by atoms with Crippen molar-refractivity contribution in [2.45, 2.75) is 37.8 Å². The number of hydrogen-bond acceptors (Lipinski definition) is 3. The highest BCUT2D eigenvalue weighted by Gasteiger charge is 2.30. The van der Waals surface area contributed by atoms with Gasteiger partial charge in [0.25, 0.3) is 5.91 Å². The molecule has 136 valence electrons. The maximum Gasteiger partial charge on any atom is 0.303 e. The third-order valence-corrected chi connectivity index (χ3v) is 4.60. The summed E-state index contributed by atoms with van der Waals surface area (Å²) in [6, 6.07) is 14.7. The van der Waals surface area contributed by atoms with Gasteiger partial charge in [0.2, 0.25) is 0 Å². The van der Waals surface area contributed by atoms with Gasteiger partial charge in [-0.15, -0.1) is 0 Å². The number of nitrogens with one attached hydrogen (secondary N) is 1. The molecular weight excluding hydrogens is 354 g/mol. The molecule has 2 unspecified atom stereocenters. The topological polar surface area (TPSA) is 75.6 Å². The lowest BCUT2D eigenvalue weighted by Crippen LogP contribution is -2.44. The van der Waals surface area contributed by atoms with E-state index in [4.69, 9.17) is 21.4 Å². The molecule has 6 heteroatoms. The van der Waals surface area contributed by atoms with Crippen molar-refractivity contribution in [3.63, 3.8) is 0 Å². The number of carboxylic acid groups (broad SMARTS) is 1. The van der Waals surface area contributed by atoms with Crippen LogP contribution in [0.5, 0.6) is 5.75 Å². The number of amides is 1. The summed E-state index contributed by atoms with van der Waals surface area (Å²) < 4.78 is 5.71. The van der Waals surface area contributed by atoms with Gasteiger partial charge in [-0.05, 0) is 42.2 Å². The van der Waals surface area contributed by atoms with Gasteiger partial charge in [-0.25, -0.2) is 0 Å². The fourth-order valence-corrected chi connectivity index (χ4v) is 3.27. The molecule has 26 heavy (non-hydrogen) atoms. The lowest BCUT2D eigenvalue weighted by atomic mass is 10.0. The Balaban J connectivity index is 1.64. The van der Waals surface area contributed by atoms with Gasteiger partial charge in [0.05, 0.1) is 0 Å². The summed E-state index contributed by atoms with van der Waals surface area (Å²) in [5, 5.41) is 12.5. The number of fused-ring (bicyclic) bond motifs is 1. The Morgan fingerprint density at radius 1 is 1.23 bits per heavy atom. The second kappa shape index (κ2) is 8.23. The Hall–Kier alpha value is -2.53. The van der Waals surface area contributed by atoms with E-state index in [2.05, 4.69) is 5.32 Å². The maximum absolute atomic E-state index is 12.6. The highest BCUT2D eigenvalue weighted by molar-refractivity contribution is 6.30. The SMILES string of the molecule is O=C(O)CCC(Cc1ccccc1)NC(=O)C1Cc2cc(Cl)ccc2O1. The van der Waals surface area contributed by atoms with E-state index >= 15 is 0 Å². The van der Waals surface area contributed by atoms with Gasteiger partial charge >= 0.3 is 5.97 Å². The molecule has 2 N–H and O–H groups in total. The molecule has 0 aliphatic carbocycles. The average molecular weight is 374 g/mol. The summed E-state index contributed by atoms with van der Waals surface area (Å²) in [7, 11) is 0. The molecule has 0 radical (unpaired) electrons. The minimum Gasteiger partial charge on any atom is -0.481 e. The van der Waals surface area contributed by atoms with Crippen molar-refractivity contribution < 1.29 is 19.4 Å². The van der Waals surface area contributed by atoms with Crippen molar-refractivity contribution in [1.29, 1.82) is 0 Å². The number of halogens is 1. The zero-order valence-electron chi connectivity index (χ0n) is 14.2. The molecule has 2 atom stereocenters. The Labute approximate surface area is 156 Å². The normalized spacial score (nSPS) is 16.4. The van der Waals surface area contributed by atoms with Crippen LogP contribution in [0.4, 0.5) is 0 Å². The van der Waals surface area contributed by atoms with Crippen LogP contribution in [0.3, 0.4) is 0 Å². The predicted octanol–water partition coefficient (Wildman–Crippen LogP) is 3.24. The van der Waals surface area contributed by atoms with Gasteiger partial charge in [-0.1, -0.05) is 41.9 Å². The molecule has 1 aliphatic heterocycles. The van der Waals surface area contributed by atoms with Crippen molar-refractivity contribution >= 4 is 23.5 Å². The summed E-state index contributed by atoms with van der Waals surface area (Å²) in [4.78, 5) is 23.6. The molecule has 1 aliphatic rings. The number of ether oxygens (including phenoxy) is 1. The summed E-state index contributed by atoms with van der Waals surface area (Å²) >= 11 is 5.98. The van der Waals surface area contributed by atoms with E-state index in [1.807, 2.05) is 30.3 Å².